The molecule has 0 aromatic heterocycles. The van der Waals surface area contributed by atoms with E-state index in [9.17, 15) is 4.79 Å². The van der Waals surface area contributed by atoms with E-state index in [1.807, 2.05) is 36.4 Å². The van der Waals surface area contributed by atoms with Crippen LogP contribution in [0.25, 0.3) is 0 Å². The molecule has 1 amide bonds. The van der Waals surface area contributed by atoms with Crippen LogP contribution in [0, 0.1) is 0 Å². The molecule has 0 saturated carbocycles. The lowest BCUT2D eigenvalue weighted by atomic mass is 9.94. The number of hydrogen-bond donors (Lipinski definition) is 1. The van der Waals surface area contributed by atoms with Crippen molar-refractivity contribution in [3.63, 3.8) is 0 Å². The predicted molar refractivity (Wildman–Crippen MR) is 82.5 cm³/mol. The second kappa shape index (κ2) is 6.06. The van der Waals surface area contributed by atoms with Crippen LogP contribution in [0.1, 0.15) is 23.3 Å². The molecule has 1 fully saturated rings. The average Bonchev–Trinajstić information content (AvgIpc) is 2.48. The van der Waals surface area contributed by atoms with Crippen molar-refractivity contribution in [3.8, 4) is 0 Å². The van der Waals surface area contributed by atoms with Crippen LogP contribution >= 0.6 is 23.2 Å². The Balaban J connectivity index is 1.96. The number of morpholine rings is 1. The second-order valence-corrected chi connectivity index (χ2v) is 5.76. The number of carbonyl (C=O) groups excluding carboxylic acids is 1. The second-order valence-electron chi connectivity index (χ2n) is 4.88. The van der Waals surface area contributed by atoms with Crippen molar-refractivity contribution in [1.29, 1.82) is 0 Å². The zero-order chi connectivity index (χ0) is 14.8. The molecule has 3 nitrogen and oxygen atoms in total. The molecule has 5 heteroatoms. The fourth-order valence-corrected chi connectivity index (χ4v) is 2.78. The molecule has 1 heterocycles. The number of benzene rings is 2. The molecule has 2 aromatic carbocycles. The van der Waals surface area contributed by atoms with Crippen molar-refractivity contribution in [2.45, 2.75) is 12.1 Å². The number of rotatable bonds is 2. The van der Waals surface area contributed by atoms with E-state index in [1.165, 1.54) is 0 Å². The van der Waals surface area contributed by atoms with E-state index in [2.05, 4.69) is 5.32 Å². The van der Waals surface area contributed by atoms with Crippen molar-refractivity contribution in [3.05, 3.63) is 69.7 Å². The Morgan fingerprint density at radius 2 is 1.76 bits per heavy atom. The van der Waals surface area contributed by atoms with Crippen molar-refractivity contribution >= 4 is 29.1 Å². The summed E-state index contributed by atoms with van der Waals surface area (Å²) in [5.74, 6) is -0.131. The molecular weight excluding hydrogens is 309 g/mol. The minimum absolute atomic E-state index is 0.0429. The van der Waals surface area contributed by atoms with Crippen LogP contribution in [-0.2, 0) is 9.53 Å². The summed E-state index contributed by atoms with van der Waals surface area (Å²) in [6.07, 6.45) is -0.275. The molecule has 21 heavy (non-hydrogen) atoms. The lowest BCUT2D eigenvalue weighted by molar-refractivity contribution is -0.137. The first-order valence-electron chi connectivity index (χ1n) is 6.55. The molecule has 0 bridgehead atoms. The Bertz CT molecular complexity index is 658. The van der Waals surface area contributed by atoms with Gasteiger partial charge in [0, 0.05) is 10.0 Å². The van der Waals surface area contributed by atoms with Gasteiger partial charge in [0.1, 0.15) is 12.7 Å². The van der Waals surface area contributed by atoms with Gasteiger partial charge >= 0.3 is 0 Å². The first-order valence-corrected chi connectivity index (χ1v) is 7.31. The van der Waals surface area contributed by atoms with Crippen LogP contribution in [0.5, 0.6) is 0 Å². The van der Waals surface area contributed by atoms with Crippen LogP contribution in [0.2, 0.25) is 10.0 Å². The topological polar surface area (TPSA) is 38.3 Å². The maximum atomic E-state index is 11.7. The first kappa shape index (κ1) is 14.4. The number of nitrogens with one attached hydrogen (secondary N) is 1. The summed E-state index contributed by atoms with van der Waals surface area (Å²) in [4.78, 5) is 11.7. The number of amides is 1. The molecule has 3 rings (SSSR count). The fraction of sp³-hybridized carbons (Fsp3) is 0.188. The van der Waals surface area contributed by atoms with Gasteiger partial charge in [-0.25, -0.2) is 0 Å². The highest BCUT2D eigenvalue weighted by Crippen LogP contribution is 2.35. The van der Waals surface area contributed by atoms with Crippen molar-refractivity contribution in [1.82, 2.24) is 5.32 Å². The average molecular weight is 322 g/mol. The van der Waals surface area contributed by atoms with Gasteiger partial charge in [-0.05, 0) is 35.4 Å². The molecule has 0 radical (unpaired) electrons. The number of ether oxygens (including phenoxy) is 1. The van der Waals surface area contributed by atoms with Gasteiger partial charge in [-0.15, -0.1) is 0 Å². The van der Waals surface area contributed by atoms with Gasteiger partial charge in [-0.2, -0.15) is 0 Å². The van der Waals surface area contributed by atoms with E-state index in [0.717, 1.165) is 11.1 Å². The van der Waals surface area contributed by atoms with Gasteiger partial charge < -0.3 is 10.1 Å². The Morgan fingerprint density at radius 1 is 1.00 bits per heavy atom. The third kappa shape index (κ3) is 3.21. The molecule has 1 aliphatic rings. The lowest BCUT2D eigenvalue weighted by Gasteiger charge is -2.33. The van der Waals surface area contributed by atoms with E-state index in [4.69, 9.17) is 27.9 Å². The summed E-state index contributed by atoms with van der Waals surface area (Å²) < 4.78 is 5.72. The summed E-state index contributed by atoms with van der Waals surface area (Å²) in [6, 6.07) is 14.6. The van der Waals surface area contributed by atoms with Crippen LogP contribution in [0.4, 0.5) is 0 Å². The Kier molecular flexibility index (Phi) is 4.15. The molecule has 0 spiro atoms. The molecule has 1 saturated heterocycles. The van der Waals surface area contributed by atoms with Gasteiger partial charge in [-0.1, -0.05) is 47.5 Å². The molecule has 2 aromatic rings. The van der Waals surface area contributed by atoms with Gasteiger partial charge in [0.15, 0.2) is 0 Å². The standard InChI is InChI=1S/C16H13Cl2NO2/c17-12-6-4-10(5-7-12)15-16(21-9-14(20)19-15)11-2-1-3-13(18)8-11/h1-8,15-16H,9H2,(H,19,20)/t15-,16-/m1/s1. The Hall–Kier alpha value is -1.55. The Morgan fingerprint density at radius 3 is 2.48 bits per heavy atom. The molecule has 0 unspecified atom stereocenters. The number of halogens is 2. The fourth-order valence-electron chi connectivity index (χ4n) is 2.45. The summed E-state index contributed by atoms with van der Waals surface area (Å²) in [5.41, 5.74) is 1.87. The van der Waals surface area contributed by atoms with E-state index in [-0.39, 0.29) is 24.7 Å². The van der Waals surface area contributed by atoms with E-state index in [0.29, 0.717) is 10.0 Å². The molecule has 2 atom stereocenters. The summed E-state index contributed by atoms with van der Waals surface area (Å²) in [6.45, 7) is 0.0429. The van der Waals surface area contributed by atoms with Crippen molar-refractivity contribution < 1.29 is 9.53 Å². The zero-order valence-corrected chi connectivity index (χ0v) is 12.6. The largest absolute Gasteiger partial charge is 0.361 e. The summed E-state index contributed by atoms with van der Waals surface area (Å²) in [5, 5.41) is 4.27. The number of hydrogen-bond acceptors (Lipinski definition) is 2. The van der Waals surface area contributed by atoms with Crippen LogP contribution in [0.3, 0.4) is 0 Å². The highest BCUT2D eigenvalue weighted by Gasteiger charge is 2.32. The molecule has 108 valence electrons. The Labute approximate surface area is 132 Å². The van der Waals surface area contributed by atoms with Crippen molar-refractivity contribution in [2.24, 2.45) is 0 Å². The highest BCUT2D eigenvalue weighted by atomic mass is 35.5. The summed E-state index contributed by atoms with van der Waals surface area (Å²) in [7, 11) is 0. The minimum atomic E-state index is -0.275. The molecular formula is C16H13Cl2NO2. The van der Waals surface area contributed by atoms with Crippen LogP contribution in [-0.4, -0.2) is 12.5 Å². The van der Waals surface area contributed by atoms with Gasteiger partial charge in [0.25, 0.3) is 0 Å². The quantitative estimate of drug-likeness (QED) is 0.910. The SMILES string of the molecule is O=C1CO[C@H](c2cccc(Cl)c2)[C@@H](c2ccc(Cl)cc2)N1. The highest BCUT2D eigenvalue weighted by molar-refractivity contribution is 6.30. The maximum Gasteiger partial charge on any atom is 0.246 e. The number of carbonyl (C=O) groups is 1. The van der Waals surface area contributed by atoms with Crippen LogP contribution < -0.4 is 5.32 Å². The lowest BCUT2D eigenvalue weighted by Crippen LogP contribution is -2.41. The van der Waals surface area contributed by atoms with E-state index < -0.39 is 0 Å². The monoisotopic (exact) mass is 321 g/mol. The molecule has 1 N–H and O–H groups in total. The summed E-state index contributed by atoms with van der Waals surface area (Å²) >= 11 is 12.0. The van der Waals surface area contributed by atoms with Crippen molar-refractivity contribution in [2.75, 3.05) is 6.61 Å². The maximum absolute atomic E-state index is 11.7. The van der Waals surface area contributed by atoms with Gasteiger partial charge in [0.05, 0.1) is 6.04 Å². The third-order valence-corrected chi connectivity index (χ3v) is 3.91. The minimum Gasteiger partial charge on any atom is -0.361 e. The predicted octanol–water partition coefficient (Wildman–Crippen LogP) is 3.92. The van der Waals surface area contributed by atoms with E-state index >= 15 is 0 Å². The zero-order valence-electron chi connectivity index (χ0n) is 11.1. The van der Waals surface area contributed by atoms with Crippen LogP contribution in [0.15, 0.2) is 48.5 Å². The van der Waals surface area contributed by atoms with E-state index in [1.54, 1.807) is 12.1 Å². The van der Waals surface area contributed by atoms with Gasteiger partial charge in [-0.3, -0.25) is 4.79 Å². The molecule has 0 aliphatic carbocycles. The van der Waals surface area contributed by atoms with Gasteiger partial charge in [0.2, 0.25) is 5.91 Å². The first-order chi connectivity index (χ1) is 10.1. The molecule has 1 aliphatic heterocycles. The smallest absolute Gasteiger partial charge is 0.246 e. The normalized spacial score (nSPS) is 21.9. The third-order valence-electron chi connectivity index (χ3n) is 3.42.